The van der Waals surface area contributed by atoms with Crippen LogP contribution in [0.1, 0.15) is 23.0 Å². The highest BCUT2D eigenvalue weighted by Crippen LogP contribution is 2.58. The smallest absolute Gasteiger partial charge is 0.309 e. The molecule has 1 aliphatic rings. The highest BCUT2D eigenvalue weighted by molar-refractivity contribution is 5.85. The zero-order valence-electron chi connectivity index (χ0n) is 14.5. The van der Waals surface area contributed by atoms with Gasteiger partial charge in [0.15, 0.2) is 0 Å². The van der Waals surface area contributed by atoms with Crippen LogP contribution >= 0.6 is 0 Å². The Labute approximate surface area is 151 Å². The van der Waals surface area contributed by atoms with Crippen molar-refractivity contribution in [2.75, 3.05) is 14.2 Å². The molecular weight excluding hydrogens is 336 g/mol. The van der Waals surface area contributed by atoms with Crippen molar-refractivity contribution in [3.63, 3.8) is 0 Å². The molecule has 2 aromatic rings. The van der Waals surface area contributed by atoms with E-state index in [9.17, 15) is 19.8 Å². The van der Waals surface area contributed by atoms with Crippen molar-refractivity contribution >= 4 is 11.9 Å². The summed E-state index contributed by atoms with van der Waals surface area (Å²) in [6.45, 7) is 0. The van der Waals surface area contributed by atoms with E-state index >= 15 is 0 Å². The normalized spacial score (nSPS) is 24.4. The van der Waals surface area contributed by atoms with Gasteiger partial charge < -0.3 is 19.7 Å². The molecule has 0 unspecified atom stereocenters. The molecule has 1 fully saturated rings. The maximum absolute atomic E-state index is 12.5. The van der Waals surface area contributed by atoms with Crippen molar-refractivity contribution in [1.29, 1.82) is 0 Å². The number of carbonyl (C=O) groups is 2. The first-order valence-corrected chi connectivity index (χ1v) is 8.21. The molecule has 1 saturated carbocycles. The maximum atomic E-state index is 12.5. The molecule has 0 amide bonds. The number of benzene rings is 2. The van der Waals surface area contributed by atoms with Gasteiger partial charge in [-0.3, -0.25) is 9.59 Å². The first-order chi connectivity index (χ1) is 12.5. The third kappa shape index (κ3) is 2.98. The van der Waals surface area contributed by atoms with Gasteiger partial charge in [-0.15, -0.1) is 0 Å². The van der Waals surface area contributed by atoms with Gasteiger partial charge in [-0.1, -0.05) is 24.3 Å². The topological polar surface area (TPSA) is 93.1 Å². The highest BCUT2D eigenvalue weighted by Gasteiger charge is 2.59. The molecule has 0 heterocycles. The van der Waals surface area contributed by atoms with Gasteiger partial charge in [0.05, 0.1) is 26.1 Å². The van der Waals surface area contributed by atoms with Crippen LogP contribution in [0, 0.1) is 11.8 Å². The molecule has 1 aliphatic carbocycles. The first-order valence-electron chi connectivity index (χ1n) is 8.21. The predicted molar refractivity (Wildman–Crippen MR) is 92.7 cm³/mol. The van der Waals surface area contributed by atoms with Gasteiger partial charge in [0.2, 0.25) is 0 Å². The van der Waals surface area contributed by atoms with Crippen molar-refractivity contribution in [3.05, 3.63) is 59.7 Å². The molecule has 0 aliphatic heterocycles. The number of phenols is 2. The number of ether oxygens (including phenoxy) is 2. The summed E-state index contributed by atoms with van der Waals surface area (Å²) < 4.78 is 9.95. The minimum absolute atomic E-state index is 0.104. The van der Waals surface area contributed by atoms with Crippen molar-refractivity contribution in [3.8, 4) is 11.5 Å². The monoisotopic (exact) mass is 356 g/mol. The molecule has 0 bridgehead atoms. The number of esters is 2. The summed E-state index contributed by atoms with van der Waals surface area (Å²) >= 11 is 0. The predicted octanol–water partition coefficient (Wildman–Crippen LogP) is 2.56. The molecule has 0 atom stereocenters. The summed E-state index contributed by atoms with van der Waals surface area (Å²) in [6.07, 6.45) is 0. The lowest BCUT2D eigenvalue weighted by Crippen LogP contribution is -2.51. The lowest BCUT2D eigenvalue weighted by Gasteiger charge is -2.49. The van der Waals surface area contributed by atoms with Crippen LogP contribution in [0.3, 0.4) is 0 Å². The lowest BCUT2D eigenvalue weighted by atomic mass is 9.52. The summed E-state index contributed by atoms with van der Waals surface area (Å²) in [7, 11) is 2.63. The van der Waals surface area contributed by atoms with E-state index in [4.69, 9.17) is 9.47 Å². The van der Waals surface area contributed by atoms with Crippen LogP contribution in [0.2, 0.25) is 0 Å². The average Bonchev–Trinajstić information content (AvgIpc) is 2.63. The van der Waals surface area contributed by atoms with Gasteiger partial charge in [0.25, 0.3) is 0 Å². The van der Waals surface area contributed by atoms with E-state index in [-0.39, 0.29) is 11.5 Å². The standard InChI is InChI=1S/C20H20O6/c1-25-19(23)17-15(11-3-7-13(21)8-4-11)18(20(24)26-2)16(17)12-5-9-14(22)10-6-12/h3-10,15-18,21-22H,1-2H3. The number of carbonyl (C=O) groups excluding carboxylic acids is 2. The van der Waals surface area contributed by atoms with Crippen molar-refractivity contribution in [2.45, 2.75) is 11.8 Å². The Morgan fingerprint density at radius 2 is 1.00 bits per heavy atom. The summed E-state index contributed by atoms with van der Waals surface area (Å²) in [5.74, 6) is -2.61. The quantitative estimate of drug-likeness (QED) is 0.818. The van der Waals surface area contributed by atoms with Crippen LogP contribution in [0.4, 0.5) is 0 Å². The van der Waals surface area contributed by atoms with E-state index in [2.05, 4.69) is 0 Å². The Morgan fingerprint density at radius 1 is 0.692 bits per heavy atom. The summed E-state index contributed by atoms with van der Waals surface area (Å²) in [6, 6.07) is 12.9. The molecule has 0 aromatic heterocycles. The van der Waals surface area contributed by atoms with Gasteiger partial charge >= 0.3 is 11.9 Å². The molecule has 2 aromatic carbocycles. The van der Waals surface area contributed by atoms with E-state index in [0.29, 0.717) is 0 Å². The second kappa shape index (κ2) is 7.07. The van der Waals surface area contributed by atoms with Crippen LogP contribution in [-0.2, 0) is 19.1 Å². The summed E-state index contributed by atoms with van der Waals surface area (Å²) in [5, 5.41) is 19.0. The number of hydrogen-bond donors (Lipinski definition) is 2. The molecular formula is C20H20O6. The van der Waals surface area contributed by atoms with Crippen LogP contribution in [-0.4, -0.2) is 36.4 Å². The second-order valence-corrected chi connectivity index (χ2v) is 6.33. The van der Waals surface area contributed by atoms with Crippen molar-refractivity contribution in [2.24, 2.45) is 11.8 Å². The molecule has 0 saturated heterocycles. The first kappa shape index (κ1) is 17.8. The van der Waals surface area contributed by atoms with Gasteiger partial charge in [-0.2, -0.15) is 0 Å². The van der Waals surface area contributed by atoms with Crippen LogP contribution < -0.4 is 0 Å². The van der Waals surface area contributed by atoms with Crippen LogP contribution in [0.5, 0.6) is 11.5 Å². The van der Waals surface area contributed by atoms with E-state index < -0.39 is 35.6 Å². The zero-order chi connectivity index (χ0) is 18.8. The average molecular weight is 356 g/mol. The molecule has 3 rings (SSSR count). The molecule has 0 spiro atoms. The molecule has 136 valence electrons. The van der Waals surface area contributed by atoms with Gasteiger partial charge in [-0.05, 0) is 35.4 Å². The highest BCUT2D eigenvalue weighted by atomic mass is 16.5. The fourth-order valence-electron chi connectivity index (χ4n) is 3.83. The number of rotatable bonds is 4. The summed E-state index contributed by atoms with van der Waals surface area (Å²) in [4.78, 5) is 25.0. The molecule has 6 nitrogen and oxygen atoms in total. The Kier molecular flexibility index (Phi) is 4.84. The Bertz CT molecular complexity index is 719. The van der Waals surface area contributed by atoms with Crippen LogP contribution in [0.25, 0.3) is 0 Å². The van der Waals surface area contributed by atoms with Gasteiger partial charge in [-0.25, -0.2) is 0 Å². The molecule has 6 heteroatoms. The van der Waals surface area contributed by atoms with E-state index in [1.165, 1.54) is 38.5 Å². The van der Waals surface area contributed by atoms with Crippen molar-refractivity contribution < 1.29 is 29.3 Å². The largest absolute Gasteiger partial charge is 0.508 e. The molecule has 2 N–H and O–H groups in total. The maximum Gasteiger partial charge on any atom is 0.309 e. The SMILES string of the molecule is COC(=O)C1C(c2ccc(O)cc2)C(C(=O)OC)C1c1ccc(O)cc1. The number of hydrogen-bond acceptors (Lipinski definition) is 6. The zero-order valence-corrected chi connectivity index (χ0v) is 14.5. The molecule has 0 radical (unpaired) electrons. The van der Waals surface area contributed by atoms with E-state index in [0.717, 1.165) is 11.1 Å². The van der Waals surface area contributed by atoms with Crippen LogP contribution in [0.15, 0.2) is 48.5 Å². The van der Waals surface area contributed by atoms with E-state index in [1.807, 2.05) is 0 Å². The van der Waals surface area contributed by atoms with Gasteiger partial charge in [0, 0.05) is 11.8 Å². The number of phenolic OH excluding ortho intramolecular Hbond substituents is 2. The number of aromatic hydroxyl groups is 2. The lowest BCUT2D eigenvalue weighted by molar-refractivity contribution is -0.164. The Hall–Kier alpha value is -3.02. The molecule has 26 heavy (non-hydrogen) atoms. The summed E-state index contributed by atoms with van der Waals surface area (Å²) in [5.41, 5.74) is 1.51. The fourth-order valence-corrected chi connectivity index (χ4v) is 3.83. The second-order valence-electron chi connectivity index (χ2n) is 6.33. The van der Waals surface area contributed by atoms with Gasteiger partial charge in [0.1, 0.15) is 11.5 Å². The minimum atomic E-state index is -0.571. The third-order valence-corrected chi connectivity index (χ3v) is 5.05. The van der Waals surface area contributed by atoms with E-state index in [1.54, 1.807) is 24.3 Å². The fraction of sp³-hybridized carbons (Fsp3) is 0.300. The Balaban J connectivity index is 2.06. The third-order valence-electron chi connectivity index (χ3n) is 5.05. The minimum Gasteiger partial charge on any atom is -0.508 e. The Morgan fingerprint density at radius 3 is 1.27 bits per heavy atom. The number of methoxy groups -OCH3 is 2. The van der Waals surface area contributed by atoms with Crippen molar-refractivity contribution in [1.82, 2.24) is 0 Å².